The second kappa shape index (κ2) is 5.01. The summed E-state index contributed by atoms with van der Waals surface area (Å²) in [5, 5.41) is 16.5. The van der Waals surface area contributed by atoms with Crippen LogP contribution in [0.2, 0.25) is 0 Å². The highest BCUT2D eigenvalue weighted by Crippen LogP contribution is 2.28. The number of aliphatic hydroxyl groups is 1. The Hall–Kier alpha value is -1.14. The van der Waals surface area contributed by atoms with Gasteiger partial charge in [0.1, 0.15) is 4.88 Å². The fourth-order valence-corrected chi connectivity index (χ4v) is 2.72. The molecule has 3 N–H and O–H groups in total. The fraction of sp³-hybridized carbons (Fsp3) is 0.636. The van der Waals surface area contributed by atoms with E-state index in [9.17, 15) is 9.90 Å². The minimum Gasteiger partial charge on any atom is -0.388 e. The monoisotopic (exact) mass is 255 g/mol. The third kappa shape index (κ3) is 2.95. The summed E-state index contributed by atoms with van der Waals surface area (Å²) < 4.78 is 0. The van der Waals surface area contributed by atoms with Crippen LogP contribution in [0.4, 0.5) is 5.13 Å². The molecule has 0 unspecified atom stereocenters. The lowest BCUT2D eigenvalue weighted by molar-refractivity contribution is 0.0450. The zero-order valence-corrected chi connectivity index (χ0v) is 10.6. The summed E-state index contributed by atoms with van der Waals surface area (Å²) in [6.07, 6.45) is 5.17. The van der Waals surface area contributed by atoms with Crippen molar-refractivity contribution in [3.63, 3.8) is 0 Å². The Morgan fingerprint density at radius 1 is 1.59 bits per heavy atom. The predicted molar refractivity (Wildman–Crippen MR) is 67.4 cm³/mol. The van der Waals surface area contributed by atoms with Gasteiger partial charge in [0, 0.05) is 13.6 Å². The van der Waals surface area contributed by atoms with Gasteiger partial charge in [-0.05, 0) is 12.8 Å². The Morgan fingerprint density at radius 3 is 2.88 bits per heavy atom. The van der Waals surface area contributed by atoms with Crippen molar-refractivity contribution in [3.8, 4) is 0 Å². The van der Waals surface area contributed by atoms with Crippen molar-refractivity contribution in [2.45, 2.75) is 31.3 Å². The summed E-state index contributed by atoms with van der Waals surface area (Å²) in [6, 6.07) is 0. The van der Waals surface area contributed by atoms with Gasteiger partial charge in [-0.1, -0.05) is 24.2 Å². The molecular weight excluding hydrogens is 238 g/mol. The SMILES string of the molecule is CNc1ncc(C(=O)NCC2(O)CCCC2)s1. The highest BCUT2D eigenvalue weighted by molar-refractivity contribution is 7.17. The maximum atomic E-state index is 11.8. The number of anilines is 1. The van der Waals surface area contributed by atoms with Crippen molar-refractivity contribution in [1.29, 1.82) is 0 Å². The van der Waals surface area contributed by atoms with E-state index in [0.717, 1.165) is 30.8 Å². The van der Waals surface area contributed by atoms with Crippen LogP contribution in [0.3, 0.4) is 0 Å². The van der Waals surface area contributed by atoms with Crippen molar-refractivity contribution in [2.24, 2.45) is 0 Å². The molecule has 0 spiro atoms. The second-order valence-electron chi connectivity index (χ2n) is 4.39. The summed E-state index contributed by atoms with van der Waals surface area (Å²) in [7, 11) is 1.77. The van der Waals surface area contributed by atoms with Crippen LogP contribution in [0.1, 0.15) is 35.4 Å². The lowest BCUT2D eigenvalue weighted by atomic mass is 10.0. The van der Waals surface area contributed by atoms with E-state index in [1.165, 1.54) is 11.3 Å². The molecule has 1 aliphatic rings. The minimum atomic E-state index is -0.702. The average Bonchev–Trinajstić information content (AvgIpc) is 2.95. The van der Waals surface area contributed by atoms with Gasteiger partial charge in [-0.25, -0.2) is 4.98 Å². The van der Waals surface area contributed by atoms with E-state index in [-0.39, 0.29) is 5.91 Å². The van der Waals surface area contributed by atoms with Crippen LogP contribution in [0.15, 0.2) is 6.20 Å². The summed E-state index contributed by atoms with van der Waals surface area (Å²) in [4.78, 5) is 16.4. The average molecular weight is 255 g/mol. The molecule has 0 atom stereocenters. The number of nitrogens with zero attached hydrogens (tertiary/aromatic N) is 1. The Kier molecular flexibility index (Phi) is 3.63. The topological polar surface area (TPSA) is 74.2 Å². The summed E-state index contributed by atoms with van der Waals surface area (Å²) >= 11 is 1.31. The number of nitrogens with one attached hydrogen (secondary N) is 2. The number of aromatic nitrogens is 1. The number of carbonyl (C=O) groups is 1. The third-order valence-electron chi connectivity index (χ3n) is 3.06. The zero-order valence-electron chi connectivity index (χ0n) is 9.82. The van der Waals surface area contributed by atoms with Gasteiger partial charge in [-0.2, -0.15) is 0 Å². The van der Waals surface area contributed by atoms with Gasteiger partial charge < -0.3 is 15.7 Å². The van der Waals surface area contributed by atoms with Crippen LogP contribution in [0.5, 0.6) is 0 Å². The lowest BCUT2D eigenvalue weighted by Crippen LogP contribution is -2.40. The van der Waals surface area contributed by atoms with Crippen molar-refractivity contribution in [1.82, 2.24) is 10.3 Å². The molecule has 0 aliphatic heterocycles. The van der Waals surface area contributed by atoms with Crippen molar-refractivity contribution < 1.29 is 9.90 Å². The smallest absolute Gasteiger partial charge is 0.263 e. The van der Waals surface area contributed by atoms with E-state index >= 15 is 0 Å². The quantitative estimate of drug-likeness (QED) is 0.756. The van der Waals surface area contributed by atoms with Crippen LogP contribution in [0, 0.1) is 0 Å². The summed E-state index contributed by atoms with van der Waals surface area (Å²) in [5.74, 6) is -0.163. The number of carbonyl (C=O) groups excluding carboxylic acids is 1. The molecular formula is C11H17N3O2S. The van der Waals surface area contributed by atoms with Crippen LogP contribution in [-0.4, -0.2) is 35.2 Å². The molecule has 0 bridgehead atoms. The molecule has 0 radical (unpaired) electrons. The molecule has 1 aromatic rings. The van der Waals surface area contributed by atoms with E-state index in [0.29, 0.717) is 11.4 Å². The molecule has 1 saturated carbocycles. The largest absolute Gasteiger partial charge is 0.388 e. The van der Waals surface area contributed by atoms with Crippen molar-refractivity contribution >= 4 is 22.4 Å². The van der Waals surface area contributed by atoms with E-state index < -0.39 is 5.60 Å². The minimum absolute atomic E-state index is 0.163. The molecule has 1 aliphatic carbocycles. The number of thiazole rings is 1. The van der Waals surface area contributed by atoms with Gasteiger partial charge in [0.15, 0.2) is 5.13 Å². The van der Waals surface area contributed by atoms with Gasteiger partial charge in [0.2, 0.25) is 0 Å². The normalized spacial score (nSPS) is 18.0. The molecule has 0 saturated heterocycles. The first kappa shape index (κ1) is 12.3. The molecule has 2 rings (SSSR count). The molecule has 1 aromatic heterocycles. The molecule has 0 aromatic carbocycles. The van der Waals surface area contributed by atoms with E-state index in [2.05, 4.69) is 15.6 Å². The van der Waals surface area contributed by atoms with Crippen LogP contribution >= 0.6 is 11.3 Å². The van der Waals surface area contributed by atoms with Gasteiger partial charge in [-0.15, -0.1) is 0 Å². The van der Waals surface area contributed by atoms with E-state index in [1.54, 1.807) is 13.2 Å². The molecule has 1 heterocycles. The molecule has 6 heteroatoms. The fourth-order valence-electron chi connectivity index (χ4n) is 2.04. The van der Waals surface area contributed by atoms with Crippen LogP contribution in [-0.2, 0) is 0 Å². The number of hydrogen-bond donors (Lipinski definition) is 3. The molecule has 5 nitrogen and oxygen atoms in total. The summed E-state index contributed by atoms with van der Waals surface area (Å²) in [6.45, 7) is 0.332. The number of rotatable bonds is 4. The lowest BCUT2D eigenvalue weighted by Gasteiger charge is -2.21. The second-order valence-corrected chi connectivity index (χ2v) is 5.42. The van der Waals surface area contributed by atoms with Crippen molar-refractivity contribution in [2.75, 3.05) is 18.9 Å². The Morgan fingerprint density at radius 2 is 2.29 bits per heavy atom. The predicted octanol–water partition coefficient (Wildman–Crippen LogP) is 1.22. The first-order valence-corrected chi connectivity index (χ1v) is 6.59. The highest BCUT2D eigenvalue weighted by atomic mass is 32.1. The Labute approximate surface area is 104 Å². The first-order valence-electron chi connectivity index (χ1n) is 5.77. The van der Waals surface area contributed by atoms with Gasteiger partial charge in [0.25, 0.3) is 5.91 Å². The van der Waals surface area contributed by atoms with E-state index in [4.69, 9.17) is 0 Å². The zero-order chi connectivity index (χ0) is 12.3. The highest BCUT2D eigenvalue weighted by Gasteiger charge is 2.31. The van der Waals surface area contributed by atoms with Gasteiger partial charge in [0.05, 0.1) is 11.8 Å². The van der Waals surface area contributed by atoms with Crippen LogP contribution in [0.25, 0.3) is 0 Å². The van der Waals surface area contributed by atoms with E-state index in [1.807, 2.05) is 0 Å². The maximum Gasteiger partial charge on any atom is 0.263 e. The van der Waals surface area contributed by atoms with Crippen molar-refractivity contribution in [3.05, 3.63) is 11.1 Å². The first-order chi connectivity index (χ1) is 8.13. The number of hydrogen-bond acceptors (Lipinski definition) is 5. The summed E-state index contributed by atoms with van der Waals surface area (Å²) in [5.41, 5.74) is -0.702. The van der Waals surface area contributed by atoms with Gasteiger partial charge in [-0.3, -0.25) is 4.79 Å². The maximum absolute atomic E-state index is 11.8. The molecule has 1 fully saturated rings. The standard InChI is InChI=1S/C11H17N3O2S/c1-12-10-13-6-8(17-10)9(15)14-7-11(16)4-2-3-5-11/h6,16H,2-5,7H2,1H3,(H,12,13)(H,14,15). The van der Waals surface area contributed by atoms with Gasteiger partial charge >= 0.3 is 0 Å². The molecule has 1 amide bonds. The molecule has 94 valence electrons. The Balaban J connectivity index is 1.88. The molecule has 17 heavy (non-hydrogen) atoms. The number of amides is 1. The van der Waals surface area contributed by atoms with Crippen LogP contribution < -0.4 is 10.6 Å². The Bertz CT molecular complexity index is 399. The third-order valence-corrected chi connectivity index (χ3v) is 4.07.